The van der Waals surface area contributed by atoms with Crippen LogP contribution in [0, 0.1) is 0 Å². The van der Waals surface area contributed by atoms with Gasteiger partial charge >= 0.3 is 17.9 Å². The molecule has 0 bridgehead atoms. The van der Waals surface area contributed by atoms with E-state index in [1.165, 1.54) is 0 Å². The van der Waals surface area contributed by atoms with Gasteiger partial charge in [-0.1, -0.05) is 26.5 Å². The van der Waals surface area contributed by atoms with E-state index in [1.54, 1.807) is 0 Å². The van der Waals surface area contributed by atoms with Gasteiger partial charge in [-0.05, 0) is 6.42 Å². The van der Waals surface area contributed by atoms with Crippen LogP contribution in [0.5, 0.6) is 0 Å². The van der Waals surface area contributed by atoms with Crippen molar-refractivity contribution in [2.45, 2.75) is 26.2 Å². The molecule has 0 radical (unpaired) electrons. The highest BCUT2D eigenvalue weighted by Crippen LogP contribution is 1.98. The van der Waals surface area contributed by atoms with E-state index < -0.39 is 11.9 Å². The number of rotatable bonds is 14. The third kappa shape index (κ3) is 12.4. The van der Waals surface area contributed by atoms with E-state index in [1.807, 2.05) is 11.8 Å². The van der Waals surface area contributed by atoms with E-state index >= 15 is 0 Å². The Morgan fingerprint density at radius 1 is 0.875 bits per heavy atom. The lowest BCUT2D eigenvalue weighted by Gasteiger charge is -2.21. The lowest BCUT2D eigenvalue weighted by molar-refractivity contribution is -0.145. The van der Waals surface area contributed by atoms with E-state index in [0.717, 1.165) is 25.0 Å². The molecule has 136 valence electrons. The van der Waals surface area contributed by atoms with Gasteiger partial charge in [0.15, 0.2) is 0 Å². The Morgan fingerprint density at radius 3 is 1.88 bits per heavy atom. The van der Waals surface area contributed by atoms with Crippen LogP contribution in [0.15, 0.2) is 25.3 Å². The maximum atomic E-state index is 11.6. The summed E-state index contributed by atoms with van der Waals surface area (Å²) in [5.41, 5.74) is 0. The third-order valence-corrected chi connectivity index (χ3v) is 3.03. The maximum absolute atomic E-state index is 11.6. The average Bonchev–Trinajstić information content (AvgIpc) is 2.58. The van der Waals surface area contributed by atoms with Gasteiger partial charge in [-0.15, -0.1) is 0 Å². The highest BCUT2D eigenvalue weighted by Gasteiger charge is 2.11. The van der Waals surface area contributed by atoms with E-state index in [4.69, 9.17) is 14.2 Å². The molecule has 0 aromatic heterocycles. The molecule has 7 nitrogen and oxygen atoms in total. The van der Waals surface area contributed by atoms with Crippen molar-refractivity contribution in [3.63, 3.8) is 0 Å². The zero-order valence-corrected chi connectivity index (χ0v) is 14.3. The number of carbonyl (C=O) groups is 3. The van der Waals surface area contributed by atoms with Crippen molar-refractivity contribution < 1.29 is 28.6 Å². The number of hydrogen-bond donors (Lipinski definition) is 0. The number of carbonyl (C=O) groups excluding carboxylic acids is 3. The Bertz CT molecular complexity index is 395. The molecule has 0 aromatic carbocycles. The molecule has 0 aliphatic heterocycles. The number of ether oxygens (including phenoxy) is 3. The first-order valence-corrected chi connectivity index (χ1v) is 7.99. The van der Waals surface area contributed by atoms with Crippen LogP contribution in [-0.2, 0) is 28.6 Å². The van der Waals surface area contributed by atoms with Gasteiger partial charge < -0.3 is 14.2 Å². The van der Waals surface area contributed by atoms with E-state index in [2.05, 4.69) is 13.2 Å². The zero-order valence-electron chi connectivity index (χ0n) is 14.3. The monoisotopic (exact) mass is 341 g/mol. The molecule has 0 aliphatic rings. The first-order chi connectivity index (χ1) is 11.5. The molecule has 0 fully saturated rings. The van der Waals surface area contributed by atoms with Gasteiger partial charge in [-0.3, -0.25) is 9.69 Å². The second-order valence-electron chi connectivity index (χ2n) is 4.91. The summed E-state index contributed by atoms with van der Waals surface area (Å²) in [6.45, 7) is 10.6. The van der Waals surface area contributed by atoms with Crippen LogP contribution in [0.1, 0.15) is 26.2 Å². The second-order valence-corrected chi connectivity index (χ2v) is 4.91. The van der Waals surface area contributed by atoms with E-state index in [9.17, 15) is 14.4 Å². The Kier molecular flexibility index (Phi) is 13.1. The lowest BCUT2D eigenvalue weighted by Crippen LogP contribution is -2.34. The Labute approximate surface area is 143 Å². The van der Waals surface area contributed by atoms with Crippen molar-refractivity contribution in [3.8, 4) is 0 Å². The summed E-state index contributed by atoms with van der Waals surface area (Å²) in [7, 11) is 0. The second kappa shape index (κ2) is 14.4. The zero-order chi connectivity index (χ0) is 18.2. The third-order valence-electron chi connectivity index (χ3n) is 3.03. The molecular formula is C17H27NO6. The van der Waals surface area contributed by atoms with Gasteiger partial charge in [0.2, 0.25) is 0 Å². The van der Waals surface area contributed by atoms with Crippen molar-refractivity contribution in [1.29, 1.82) is 0 Å². The Balaban J connectivity index is 4.20. The van der Waals surface area contributed by atoms with Crippen LogP contribution < -0.4 is 0 Å². The van der Waals surface area contributed by atoms with Crippen LogP contribution in [0.4, 0.5) is 0 Å². The number of nitrogens with zero attached hydrogens (tertiary/aromatic N) is 1. The number of hydrogen-bond acceptors (Lipinski definition) is 7. The van der Waals surface area contributed by atoms with Gasteiger partial charge in [-0.25, -0.2) is 9.59 Å². The predicted molar refractivity (Wildman–Crippen MR) is 89.2 cm³/mol. The molecule has 0 aromatic rings. The van der Waals surface area contributed by atoms with Crippen LogP contribution >= 0.6 is 0 Å². The molecule has 24 heavy (non-hydrogen) atoms. The molecule has 0 unspecified atom stereocenters. The summed E-state index contributed by atoms with van der Waals surface area (Å²) in [5.74, 6) is -1.29. The van der Waals surface area contributed by atoms with Crippen molar-refractivity contribution in [1.82, 2.24) is 4.90 Å². The summed E-state index contributed by atoms with van der Waals surface area (Å²) in [6.07, 6.45) is 4.18. The standard InChI is InChI=1S/C17H27NO6/c1-4-7-12-22-17(21)8-9-18(10-13-23-15(19)5-2)11-14-24-16(20)6-3/h5-6H,2-4,7-14H2,1H3. The van der Waals surface area contributed by atoms with Gasteiger partial charge in [0.25, 0.3) is 0 Å². The minimum Gasteiger partial charge on any atom is -0.466 e. The van der Waals surface area contributed by atoms with Gasteiger partial charge in [0.1, 0.15) is 13.2 Å². The molecule has 0 saturated heterocycles. The van der Waals surface area contributed by atoms with Crippen molar-refractivity contribution in [2.24, 2.45) is 0 Å². The van der Waals surface area contributed by atoms with Crippen LogP contribution in [0.3, 0.4) is 0 Å². The van der Waals surface area contributed by atoms with Gasteiger partial charge in [-0.2, -0.15) is 0 Å². The fourth-order valence-electron chi connectivity index (χ4n) is 1.66. The van der Waals surface area contributed by atoms with Crippen molar-refractivity contribution >= 4 is 17.9 Å². The summed E-state index contributed by atoms with van der Waals surface area (Å²) in [5, 5.41) is 0. The van der Waals surface area contributed by atoms with Crippen LogP contribution in [-0.4, -0.2) is 62.3 Å². The van der Waals surface area contributed by atoms with Gasteiger partial charge in [0.05, 0.1) is 13.0 Å². The quantitative estimate of drug-likeness (QED) is 0.205. The highest BCUT2D eigenvalue weighted by molar-refractivity contribution is 5.81. The summed E-state index contributed by atoms with van der Waals surface area (Å²) in [6, 6.07) is 0. The fraction of sp³-hybridized carbons (Fsp3) is 0.588. The molecule has 0 atom stereocenters. The van der Waals surface area contributed by atoms with E-state index in [0.29, 0.717) is 26.2 Å². The van der Waals surface area contributed by atoms with Gasteiger partial charge in [0, 0.05) is 31.8 Å². The molecule has 0 heterocycles. The summed E-state index contributed by atoms with van der Waals surface area (Å²) in [4.78, 5) is 35.6. The molecule has 0 N–H and O–H groups in total. The molecule has 0 aliphatic carbocycles. The van der Waals surface area contributed by atoms with Crippen molar-refractivity contribution in [3.05, 3.63) is 25.3 Å². The fourth-order valence-corrected chi connectivity index (χ4v) is 1.66. The molecule has 0 rings (SSSR count). The highest BCUT2D eigenvalue weighted by atomic mass is 16.5. The SMILES string of the molecule is C=CC(=O)OCCN(CCOC(=O)C=C)CCC(=O)OCCCC. The topological polar surface area (TPSA) is 82.1 Å². The Morgan fingerprint density at radius 2 is 1.42 bits per heavy atom. The van der Waals surface area contributed by atoms with Crippen molar-refractivity contribution in [2.75, 3.05) is 39.5 Å². The normalized spacial score (nSPS) is 10.1. The lowest BCUT2D eigenvalue weighted by atomic mass is 10.3. The molecule has 0 amide bonds. The maximum Gasteiger partial charge on any atom is 0.330 e. The predicted octanol–water partition coefficient (Wildman–Crippen LogP) is 1.48. The first-order valence-electron chi connectivity index (χ1n) is 7.99. The molecule has 7 heteroatoms. The molecule has 0 spiro atoms. The van der Waals surface area contributed by atoms with Crippen LogP contribution in [0.25, 0.3) is 0 Å². The number of unbranched alkanes of at least 4 members (excludes halogenated alkanes) is 1. The Hall–Kier alpha value is -2.15. The molecule has 0 saturated carbocycles. The largest absolute Gasteiger partial charge is 0.466 e. The summed E-state index contributed by atoms with van der Waals surface area (Å²) >= 11 is 0. The number of esters is 3. The molecular weight excluding hydrogens is 314 g/mol. The van der Waals surface area contributed by atoms with Crippen LogP contribution in [0.2, 0.25) is 0 Å². The minimum atomic E-state index is -0.507. The average molecular weight is 341 g/mol. The summed E-state index contributed by atoms with van der Waals surface area (Å²) < 4.78 is 14.9. The smallest absolute Gasteiger partial charge is 0.330 e. The van der Waals surface area contributed by atoms with E-state index in [-0.39, 0.29) is 25.6 Å². The minimum absolute atomic E-state index is 0.158. The first kappa shape index (κ1) is 21.9.